The summed E-state index contributed by atoms with van der Waals surface area (Å²) in [6.07, 6.45) is 2.63. The van der Waals surface area contributed by atoms with E-state index in [2.05, 4.69) is 6.07 Å². The molecule has 0 bridgehead atoms. The van der Waals surface area contributed by atoms with E-state index in [4.69, 9.17) is 10.4 Å². The molecular formula is C14H15FN2O2. The maximum absolute atomic E-state index is 13.2. The lowest BCUT2D eigenvalue weighted by atomic mass is 10.1. The maximum Gasteiger partial charge on any atom is 0.328 e. The Balaban J connectivity index is 3.13. The number of nitrogens with zero attached hydrogens (tertiary/aromatic N) is 2. The van der Waals surface area contributed by atoms with Crippen molar-refractivity contribution < 1.29 is 14.3 Å². The first kappa shape index (κ1) is 14.7. The van der Waals surface area contributed by atoms with E-state index in [9.17, 15) is 9.18 Å². The molecule has 0 fully saturated rings. The van der Waals surface area contributed by atoms with Gasteiger partial charge in [-0.15, -0.1) is 0 Å². The highest BCUT2D eigenvalue weighted by Crippen LogP contribution is 2.24. The minimum atomic E-state index is -1.09. The van der Waals surface area contributed by atoms with E-state index in [1.807, 2.05) is 11.8 Å². The average Bonchev–Trinajstić information content (AvgIpc) is 2.36. The lowest BCUT2D eigenvalue weighted by Crippen LogP contribution is -2.28. The van der Waals surface area contributed by atoms with Gasteiger partial charge in [0.1, 0.15) is 5.82 Å². The van der Waals surface area contributed by atoms with E-state index >= 15 is 0 Å². The zero-order valence-electron chi connectivity index (χ0n) is 10.8. The van der Waals surface area contributed by atoms with Gasteiger partial charge in [-0.05, 0) is 31.2 Å². The van der Waals surface area contributed by atoms with Crippen LogP contribution in [0.4, 0.5) is 10.1 Å². The normalized spacial score (nSPS) is 12.1. The molecule has 5 heteroatoms. The lowest BCUT2D eigenvalue weighted by molar-refractivity contribution is -0.131. The van der Waals surface area contributed by atoms with Crippen LogP contribution < -0.4 is 4.90 Å². The maximum atomic E-state index is 13.2. The smallest absolute Gasteiger partial charge is 0.328 e. The molecule has 0 aliphatic heterocycles. The van der Waals surface area contributed by atoms with E-state index in [1.165, 1.54) is 18.2 Å². The molecule has 0 saturated carbocycles. The molecule has 1 rings (SSSR count). The summed E-state index contributed by atoms with van der Waals surface area (Å²) in [6, 6.07) is 6.17. The minimum absolute atomic E-state index is 0.0487. The Bertz CT molecular complexity index is 535. The number of nitriles is 1. The first-order valence-corrected chi connectivity index (χ1v) is 5.76. The van der Waals surface area contributed by atoms with E-state index in [-0.39, 0.29) is 6.04 Å². The average molecular weight is 262 g/mol. The van der Waals surface area contributed by atoms with Crippen LogP contribution in [0.15, 0.2) is 24.3 Å². The Kier molecular flexibility index (Phi) is 5.07. The molecular weight excluding hydrogens is 247 g/mol. The molecule has 19 heavy (non-hydrogen) atoms. The first-order chi connectivity index (χ1) is 8.95. The largest absolute Gasteiger partial charge is 0.478 e. The lowest BCUT2D eigenvalue weighted by Gasteiger charge is -2.26. The van der Waals surface area contributed by atoms with Crippen LogP contribution in [0.5, 0.6) is 0 Å². The van der Waals surface area contributed by atoms with Gasteiger partial charge in [0.05, 0.1) is 12.5 Å². The van der Waals surface area contributed by atoms with Gasteiger partial charge in [0.15, 0.2) is 0 Å². The predicted octanol–water partition coefficient (Wildman–Crippen LogP) is 2.66. The summed E-state index contributed by atoms with van der Waals surface area (Å²) in [4.78, 5) is 12.4. The Morgan fingerprint density at radius 1 is 1.63 bits per heavy atom. The van der Waals surface area contributed by atoms with Gasteiger partial charge >= 0.3 is 5.97 Å². The highest BCUT2D eigenvalue weighted by atomic mass is 19.1. The third-order valence-electron chi connectivity index (χ3n) is 2.82. The van der Waals surface area contributed by atoms with Crippen molar-refractivity contribution in [2.45, 2.75) is 19.4 Å². The second-order valence-corrected chi connectivity index (χ2v) is 4.20. The SMILES string of the molecule is CC(CC#N)N(C)c1ccc(F)cc1C=CC(=O)O. The molecule has 1 aromatic carbocycles. The Hall–Kier alpha value is -2.35. The molecule has 1 atom stereocenters. The summed E-state index contributed by atoms with van der Waals surface area (Å²) in [5.41, 5.74) is 1.15. The van der Waals surface area contributed by atoms with Crippen molar-refractivity contribution >= 4 is 17.7 Å². The van der Waals surface area contributed by atoms with Crippen molar-refractivity contribution in [3.63, 3.8) is 0 Å². The molecule has 0 aromatic heterocycles. The van der Waals surface area contributed by atoms with Crippen LogP contribution in [0, 0.1) is 17.1 Å². The predicted molar refractivity (Wildman–Crippen MR) is 71.2 cm³/mol. The van der Waals surface area contributed by atoms with Crippen LogP contribution in [-0.4, -0.2) is 24.2 Å². The third-order valence-corrected chi connectivity index (χ3v) is 2.82. The van der Waals surface area contributed by atoms with Crippen LogP contribution in [0.2, 0.25) is 0 Å². The zero-order valence-corrected chi connectivity index (χ0v) is 10.8. The number of carboxylic acid groups (broad SMARTS) is 1. The number of anilines is 1. The highest BCUT2D eigenvalue weighted by Gasteiger charge is 2.13. The van der Waals surface area contributed by atoms with E-state index in [1.54, 1.807) is 13.1 Å². The van der Waals surface area contributed by atoms with Crippen LogP contribution in [0.25, 0.3) is 6.08 Å². The molecule has 100 valence electrons. The number of aliphatic carboxylic acids is 1. The standard InChI is InChI=1S/C14H15FN2O2/c1-10(7-8-16)17(2)13-5-4-12(15)9-11(13)3-6-14(18)19/h3-6,9-10H,7H2,1-2H3,(H,18,19). The Morgan fingerprint density at radius 2 is 2.32 bits per heavy atom. The zero-order chi connectivity index (χ0) is 14.4. The molecule has 4 nitrogen and oxygen atoms in total. The van der Waals surface area contributed by atoms with Crippen molar-refractivity contribution in [1.82, 2.24) is 0 Å². The molecule has 1 N–H and O–H groups in total. The van der Waals surface area contributed by atoms with Gasteiger partial charge in [-0.1, -0.05) is 0 Å². The van der Waals surface area contributed by atoms with Crippen molar-refractivity contribution in [2.24, 2.45) is 0 Å². The molecule has 1 aromatic rings. The van der Waals surface area contributed by atoms with Crippen molar-refractivity contribution in [3.05, 3.63) is 35.7 Å². The summed E-state index contributed by atoms with van der Waals surface area (Å²) in [5, 5.41) is 17.3. The van der Waals surface area contributed by atoms with Gasteiger partial charge in [0.2, 0.25) is 0 Å². The molecule has 0 radical (unpaired) electrons. The van der Waals surface area contributed by atoms with Crippen molar-refractivity contribution in [3.8, 4) is 6.07 Å². The fourth-order valence-electron chi connectivity index (χ4n) is 1.65. The van der Waals surface area contributed by atoms with E-state index in [0.717, 1.165) is 6.08 Å². The molecule has 0 spiro atoms. The van der Waals surface area contributed by atoms with Crippen LogP contribution >= 0.6 is 0 Å². The van der Waals surface area contributed by atoms with Gasteiger partial charge in [-0.25, -0.2) is 9.18 Å². The minimum Gasteiger partial charge on any atom is -0.478 e. The van der Waals surface area contributed by atoms with Gasteiger partial charge in [-0.3, -0.25) is 0 Å². The fraction of sp³-hybridized carbons (Fsp3) is 0.286. The summed E-state index contributed by atoms with van der Waals surface area (Å²) >= 11 is 0. The summed E-state index contributed by atoms with van der Waals surface area (Å²) in [6.45, 7) is 1.87. The Morgan fingerprint density at radius 3 is 2.89 bits per heavy atom. The van der Waals surface area contributed by atoms with E-state index in [0.29, 0.717) is 17.7 Å². The number of hydrogen-bond acceptors (Lipinski definition) is 3. The molecule has 0 aliphatic rings. The summed E-state index contributed by atoms with van der Waals surface area (Å²) in [7, 11) is 1.79. The van der Waals surface area contributed by atoms with E-state index < -0.39 is 11.8 Å². The summed E-state index contributed by atoms with van der Waals surface area (Å²) < 4.78 is 13.2. The number of rotatable bonds is 5. The number of carboxylic acids is 1. The summed E-state index contributed by atoms with van der Waals surface area (Å²) in [5.74, 6) is -1.53. The third kappa shape index (κ3) is 4.11. The first-order valence-electron chi connectivity index (χ1n) is 5.76. The number of carbonyl (C=O) groups is 1. The molecule has 0 heterocycles. The van der Waals surface area contributed by atoms with Crippen molar-refractivity contribution in [2.75, 3.05) is 11.9 Å². The second-order valence-electron chi connectivity index (χ2n) is 4.20. The molecule has 0 aliphatic carbocycles. The highest BCUT2D eigenvalue weighted by molar-refractivity contribution is 5.87. The number of benzene rings is 1. The number of halogens is 1. The van der Waals surface area contributed by atoms with Crippen LogP contribution in [0.1, 0.15) is 18.9 Å². The van der Waals surface area contributed by atoms with Crippen LogP contribution in [-0.2, 0) is 4.79 Å². The van der Waals surface area contributed by atoms with Gasteiger partial charge in [0.25, 0.3) is 0 Å². The van der Waals surface area contributed by atoms with Gasteiger partial charge in [-0.2, -0.15) is 5.26 Å². The van der Waals surface area contributed by atoms with Gasteiger partial charge < -0.3 is 10.0 Å². The van der Waals surface area contributed by atoms with Crippen molar-refractivity contribution in [1.29, 1.82) is 5.26 Å². The monoisotopic (exact) mass is 262 g/mol. The fourth-order valence-corrected chi connectivity index (χ4v) is 1.65. The topological polar surface area (TPSA) is 64.3 Å². The van der Waals surface area contributed by atoms with Gasteiger partial charge in [0, 0.05) is 30.4 Å². The molecule has 0 saturated heterocycles. The molecule has 1 unspecified atom stereocenters. The molecule has 0 amide bonds. The number of hydrogen-bond donors (Lipinski definition) is 1. The second kappa shape index (κ2) is 6.55. The quantitative estimate of drug-likeness (QED) is 0.828. The van der Waals surface area contributed by atoms with Crippen LogP contribution in [0.3, 0.4) is 0 Å². The Labute approximate surface area is 111 Å².